The summed E-state index contributed by atoms with van der Waals surface area (Å²) >= 11 is 11.6. The first-order valence-corrected chi connectivity index (χ1v) is 8.97. The molecule has 0 radical (unpaired) electrons. The van der Waals surface area contributed by atoms with Gasteiger partial charge in [-0.25, -0.2) is 0 Å². The smallest absolute Gasteiger partial charge is 0.323 e. The third-order valence-corrected chi connectivity index (χ3v) is 4.16. The third-order valence-electron chi connectivity index (χ3n) is 3.82. The minimum absolute atomic E-state index is 0.0552. The van der Waals surface area contributed by atoms with E-state index < -0.39 is 0 Å². The fraction of sp³-hybridized carbons (Fsp3) is 0.800. The van der Waals surface area contributed by atoms with Gasteiger partial charge in [-0.05, 0) is 49.0 Å². The van der Waals surface area contributed by atoms with Crippen LogP contribution >= 0.6 is 23.2 Å². The summed E-state index contributed by atoms with van der Waals surface area (Å²) in [5.74, 6) is 0. The normalized spacial score (nSPS) is 22.2. The molecule has 1 fully saturated rings. The van der Waals surface area contributed by atoms with Crippen molar-refractivity contribution in [3.05, 3.63) is 10.6 Å². The van der Waals surface area contributed by atoms with Crippen molar-refractivity contribution in [3.63, 3.8) is 0 Å². The quantitative estimate of drug-likeness (QED) is 0.860. The predicted octanol–water partition coefficient (Wildman–Crippen LogP) is 4.39. The Morgan fingerprint density at radius 1 is 0.773 bits per heavy atom. The summed E-state index contributed by atoms with van der Waals surface area (Å²) < 4.78 is 5.81. The average molecular weight is 347 g/mol. The zero-order valence-corrected chi connectivity index (χ0v) is 14.4. The molecule has 1 atom stereocenters. The Balaban J connectivity index is 1.89. The highest BCUT2D eigenvalue weighted by atomic mass is 35.5. The molecule has 1 aliphatic rings. The Morgan fingerprint density at radius 3 is 1.95 bits per heavy atom. The molecule has 2 heterocycles. The maximum absolute atomic E-state index is 5.81. The maximum atomic E-state index is 5.81. The van der Waals surface area contributed by atoms with Crippen LogP contribution in [0.15, 0.2) is 0 Å². The summed E-state index contributed by atoms with van der Waals surface area (Å²) in [4.78, 5) is 11.7. The van der Waals surface area contributed by atoms with Crippen LogP contribution < -0.4 is 10.1 Å². The third kappa shape index (κ3) is 7.07. The zero-order valence-electron chi connectivity index (χ0n) is 12.9. The van der Waals surface area contributed by atoms with Crippen molar-refractivity contribution < 1.29 is 4.74 Å². The summed E-state index contributed by atoms with van der Waals surface area (Å²) in [7, 11) is 0. The molecule has 0 aromatic carbocycles. The Morgan fingerprint density at radius 2 is 1.32 bits per heavy atom. The second kappa shape index (κ2) is 10.2. The summed E-state index contributed by atoms with van der Waals surface area (Å²) in [5, 5.41) is 3.55. The van der Waals surface area contributed by atoms with Gasteiger partial charge in [0.15, 0.2) is 6.23 Å². The lowest BCUT2D eigenvalue weighted by molar-refractivity contribution is 0.136. The first-order valence-electron chi connectivity index (χ1n) is 8.21. The lowest BCUT2D eigenvalue weighted by atomic mass is 10.1. The summed E-state index contributed by atoms with van der Waals surface area (Å²) in [6.45, 7) is 0.942. The molecule has 0 amide bonds. The number of rotatable bonds is 2. The fourth-order valence-electron chi connectivity index (χ4n) is 2.65. The van der Waals surface area contributed by atoms with Crippen molar-refractivity contribution in [2.45, 2.75) is 70.4 Å². The van der Waals surface area contributed by atoms with Gasteiger partial charge in [-0.3, -0.25) is 5.32 Å². The van der Waals surface area contributed by atoms with Crippen LogP contribution in [0.1, 0.15) is 64.2 Å². The monoisotopic (exact) mass is 346 g/mol. The molecule has 1 N–H and O–H groups in total. The Bertz CT molecular complexity index is 413. The second-order valence-corrected chi connectivity index (χ2v) is 6.36. The fourth-order valence-corrected chi connectivity index (χ4v) is 2.99. The molecule has 2 rings (SSSR count). The standard InChI is InChI=1S/C15H24Cl2N4O/c16-13-19-14(17)21-15(20-13)22-12-10-8-6-4-2-1-3-5-7-9-11-18-12/h12,18H,1-11H2. The van der Waals surface area contributed by atoms with Crippen LogP contribution in [0.2, 0.25) is 10.6 Å². The molecule has 124 valence electrons. The Hall–Kier alpha value is -0.650. The molecule has 1 unspecified atom stereocenters. The largest absolute Gasteiger partial charge is 0.444 e. The zero-order chi connectivity index (χ0) is 15.6. The number of hydrogen-bond donors (Lipinski definition) is 1. The first-order chi connectivity index (χ1) is 10.7. The van der Waals surface area contributed by atoms with Gasteiger partial charge in [0.25, 0.3) is 0 Å². The van der Waals surface area contributed by atoms with Crippen molar-refractivity contribution >= 4 is 23.2 Å². The van der Waals surface area contributed by atoms with Gasteiger partial charge in [-0.1, -0.05) is 44.9 Å². The number of nitrogens with zero attached hydrogens (tertiary/aromatic N) is 3. The van der Waals surface area contributed by atoms with E-state index in [0.29, 0.717) is 0 Å². The summed E-state index contributed by atoms with van der Waals surface area (Å²) in [5.41, 5.74) is 0. The molecule has 5 nitrogen and oxygen atoms in total. The molecule has 0 saturated carbocycles. The van der Waals surface area contributed by atoms with Crippen LogP contribution in [-0.2, 0) is 0 Å². The number of ether oxygens (including phenoxy) is 1. The molecule has 0 bridgehead atoms. The molecule has 0 spiro atoms. The van der Waals surface area contributed by atoms with Gasteiger partial charge in [-0.2, -0.15) is 15.0 Å². The molecular formula is C15H24Cl2N4O. The van der Waals surface area contributed by atoms with E-state index in [2.05, 4.69) is 20.3 Å². The van der Waals surface area contributed by atoms with Gasteiger partial charge in [-0.15, -0.1) is 0 Å². The topological polar surface area (TPSA) is 59.9 Å². The van der Waals surface area contributed by atoms with Crippen LogP contribution in [0.4, 0.5) is 0 Å². The molecule has 0 aliphatic carbocycles. The predicted molar refractivity (Wildman–Crippen MR) is 88.4 cm³/mol. The van der Waals surface area contributed by atoms with Crippen molar-refractivity contribution in [3.8, 4) is 6.01 Å². The number of aromatic nitrogens is 3. The highest BCUT2D eigenvalue weighted by Gasteiger charge is 2.13. The van der Waals surface area contributed by atoms with E-state index in [1.807, 2.05) is 0 Å². The van der Waals surface area contributed by atoms with Crippen molar-refractivity contribution in [1.82, 2.24) is 20.3 Å². The molecule has 1 aromatic heterocycles. The van der Waals surface area contributed by atoms with Gasteiger partial charge in [0.1, 0.15) is 0 Å². The minimum Gasteiger partial charge on any atom is -0.444 e. The number of hydrogen-bond acceptors (Lipinski definition) is 5. The van der Waals surface area contributed by atoms with E-state index in [-0.39, 0.29) is 22.8 Å². The minimum atomic E-state index is -0.102. The Kier molecular flexibility index (Phi) is 8.20. The van der Waals surface area contributed by atoms with Crippen molar-refractivity contribution in [2.24, 2.45) is 0 Å². The molecule has 1 saturated heterocycles. The van der Waals surface area contributed by atoms with E-state index in [0.717, 1.165) is 19.4 Å². The van der Waals surface area contributed by atoms with Gasteiger partial charge >= 0.3 is 6.01 Å². The SMILES string of the molecule is Clc1nc(Cl)nc(OC2CCCCCCCCCCCN2)n1. The van der Waals surface area contributed by atoms with Crippen LogP contribution in [0.3, 0.4) is 0 Å². The van der Waals surface area contributed by atoms with Gasteiger partial charge in [0.2, 0.25) is 10.6 Å². The van der Waals surface area contributed by atoms with Gasteiger partial charge in [0, 0.05) is 0 Å². The van der Waals surface area contributed by atoms with Crippen LogP contribution in [0, 0.1) is 0 Å². The first kappa shape index (κ1) is 17.7. The van der Waals surface area contributed by atoms with E-state index in [9.17, 15) is 0 Å². The van der Waals surface area contributed by atoms with E-state index in [4.69, 9.17) is 27.9 Å². The number of nitrogens with one attached hydrogen (secondary N) is 1. The van der Waals surface area contributed by atoms with Crippen LogP contribution in [0.25, 0.3) is 0 Å². The van der Waals surface area contributed by atoms with E-state index in [1.165, 1.54) is 51.4 Å². The average Bonchev–Trinajstić information content (AvgIpc) is 2.48. The lowest BCUT2D eigenvalue weighted by Crippen LogP contribution is -2.35. The lowest BCUT2D eigenvalue weighted by Gasteiger charge is -2.19. The molecule has 1 aromatic rings. The Labute approximate surface area is 142 Å². The molecule has 1 aliphatic heterocycles. The number of halogens is 2. The maximum Gasteiger partial charge on any atom is 0.323 e. The van der Waals surface area contributed by atoms with Crippen LogP contribution in [-0.4, -0.2) is 27.7 Å². The highest BCUT2D eigenvalue weighted by Crippen LogP contribution is 2.16. The van der Waals surface area contributed by atoms with Gasteiger partial charge < -0.3 is 4.74 Å². The molecular weight excluding hydrogens is 323 g/mol. The van der Waals surface area contributed by atoms with E-state index in [1.54, 1.807) is 0 Å². The second-order valence-electron chi connectivity index (χ2n) is 5.69. The highest BCUT2D eigenvalue weighted by molar-refractivity contribution is 6.31. The molecule has 22 heavy (non-hydrogen) atoms. The summed E-state index contributed by atoms with van der Waals surface area (Å²) in [6, 6.07) is 0.187. The van der Waals surface area contributed by atoms with Gasteiger partial charge in [0.05, 0.1) is 0 Å². The van der Waals surface area contributed by atoms with Crippen molar-refractivity contribution in [1.29, 1.82) is 0 Å². The molecule has 7 heteroatoms. The van der Waals surface area contributed by atoms with Crippen molar-refractivity contribution in [2.75, 3.05) is 6.54 Å². The van der Waals surface area contributed by atoms with E-state index >= 15 is 0 Å². The summed E-state index contributed by atoms with van der Waals surface area (Å²) in [6.07, 6.45) is 12.3. The van der Waals surface area contributed by atoms with Crippen LogP contribution in [0.5, 0.6) is 6.01 Å².